The third-order valence-corrected chi connectivity index (χ3v) is 9.44. The first-order chi connectivity index (χ1) is 17.1. The fourth-order valence-corrected chi connectivity index (χ4v) is 7.12. The molecule has 2 aromatic rings. The SMILES string of the molecule is CCCC1CCC(c2ccc(-c3cc4c(c(F)c3F)OC(C3CCC(CC)CC3)CC4)cc2)CC1. The van der Waals surface area contributed by atoms with Crippen LogP contribution in [-0.4, -0.2) is 6.10 Å². The van der Waals surface area contributed by atoms with E-state index in [1.165, 1.54) is 63.4 Å². The molecule has 1 nitrogen and oxygen atoms in total. The van der Waals surface area contributed by atoms with Gasteiger partial charge in [-0.2, -0.15) is 4.39 Å². The standard InChI is InChI=1S/C32H42F2O/c1-3-5-22-8-10-23(11-9-22)24-14-16-25(17-15-24)28-20-27-18-19-29(35-32(27)31(34)30(28)33)26-12-6-21(4-2)7-13-26/h14-17,20-23,26,29H,3-13,18-19H2,1-2H3. The van der Waals surface area contributed by atoms with Crippen molar-refractivity contribution in [3.63, 3.8) is 0 Å². The number of halogens is 2. The molecule has 1 unspecified atom stereocenters. The lowest BCUT2D eigenvalue weighted by Gasteiger charge is -2.36. The Labute approximate surface area is 210 Å². The highest BCUT2D eigenvalue weighted by molar-refractivity contribution is 5.67. The van der Waals surface area contributed by atoms with Crippen molar-refractivity contribution in [2.24, 2.45) is 17.8 Å². The molecule has 0 radical (unpaired) electrons. The minimum absolute atomic E-state index is 0.0201. The lowest BCUT2D eigenvalue weighted by Crippen LogP contribution is -2.34. The molecular formula is C32H42F2O. The molecule has 1 aliphatic heterocycles. The Hall–Kier alpha value is -1.90. The van der Waals surface area contributed by atoms with E-state index in [1.807, 2.05) is 18.2 Å². The van der Waals surface area contributed by atoms with Crippen LogP contribution < -0.4 is 4.74 Å². The van der Waals surface area contributed by atoms with Crippen LogP contribution in [-0.2, 0) is 6.42 Å². The Morgan fingerprint density at radius 3 is 2.14 bits per heavy atom. The van der Waals surface area contributed by atoms with Gasteiger partial charge in [-0.05, 0) is 97.8 Å². The fourth-order valence-electron chi connectivity index (χ4n) is 7.12. The predicted octanol–water partition coefficient (Wildman–Crippen LogP) is 9.62. The highest BCUT2D eigenvalue weighted by atomic mass is 19.2. The summed E-state index contributed by atoms with van der Waals surface area (Å²) in [6, 6.07) is 10.1. The second-order valence-corrected chi connectivity index (χ2v) is 11.6. The van der Waals surface area contributed by atoms with Crippen LogP contribution in [0, 0.1) is 29.4 Å². The van der Waals surface area contributed by atoms with Gasteiger partial charge in [0.1, 0.15) is 6.10 Å². The van der Waals surface area contributed by atoms with Crippen LogP contribution in [0.4, 0.5) is 8.78 Å². The van der Waals surface area contributed by atoms with Crippen LogP contribution in [0.3, 0.4) is 0 Å². The van der Waals surface area contributed by atoms with Crippen molar-refractivity contribution in [1.82, 2.24) is 0 Å². The zero-order valence-corrected chi connectivity index (χ0v) is 21.6. The van der Waals surface area contributed by atoms with E-state index in [0.717, 1.165) is 48.6 Å². The number of aryl methyl sites for hydroxylation is 1. The summed E-state index contributed by atoms with van der Waals surface area (Å²) < 4.78 is 36.7. The molecule has 2 fully saturated rings. The average Bonchev–Trinajstić information content (AvgIpc) is 2.91. The Balaban J connectivity index is 1.28. The van der Waals surface area contributed by atoms with Gasteiger partial charge < -0.3 is 4.74 Å². The van der Waals surface area contributed by atoms with E-state index < -0.39 is 11.6 Å². The quantitative estimate of drug-likeness (QED) is 0.400. The summed E-state index contributed by atoms with van der Waals surface area (Å²) in [4.78, 5) is 0. The van der Waals surface area contributed by atoms with E-state index in [9.17, 15) is 0 Å². The average molecular weight is 481 g/mol. The summed E-state index contributed by atoms with van der Waals surface area (Å²) in [6.07, 6.45) is 15.4. The first kappa shape index (κ1) is 24.8. The minimum atomic E-state index is -0.803. The lowest BCUT2D eigenvalue weighted by atomic mass is 9.76. The van der Waals surface area contributed by atoms with Gasteiger partial charge in [-0.1, -0.05) is 70.2 Å². The van der Waals surface area contributed by atoms with Crippen LogP contribution in [0.25, 0.3) is 11.1 Å². The highest BCUT2D eigenvalue weighted by Gasteiger charge is 2.34. The molecule has 35 heavy (non-hydrogen) atoms. The zero-order chi connectivity index (χ0) is 24.4. The Bertz CT molecular complexity index is 982. The van der Waals surface area contributed by atoms with Gasteiger partial charge in [-0.25, -0.2) is 4.39 Å². The molecule has 0 bridgehead atoms. The normalized spacial score (nSPS) is 28.9. The predicted molar refractivity (Wildman–Crippen MR) is 140 cm³/mol. The van der Waals surface area contributed by atoms with E-state index in [4.69, 9.17) is 4.74 Å². The molecule has 1 atom stereocenters. The molecule has 2 saturated carbocycles. The molecule has 0 amide bonds. The third-order valence-electron chi connectivity index (χ3n) is 9.44. The maximum absolute atomic E-state index is 15.3. The van der Waals surface area contributed by atoms with Crippen molar-refractivity contribution < 1.29 is 13.5 Å². The molecule has 5 rings (SSSR count). The summed E-state index contributed by atoms with van der Waals surface area (Å²) >= 11 is 0. The van der Waals surface area contributed by atoms with Gasteiger partial charge in [0.15, 0.2) is 11.6 Å². The molecule has 1 heterocycles. The largest absolute Gasteiger partial charge is 0.487 e. The van der Waals surface area contributed by atoms with Crippen molar-refractivity contribution >= 4 is 0 Å². The summed E-state index contributed by atoms with van der Waals surface area (Å²) in [5.74, 6) is 1.37. The van der Waals surface area contributed by atoms with Crippen molar-refractivity contribution in [2.75, 3.05) is 0 Å². The number of fused-ring (bicyclic) bond motifs is 1. The number of benzene rings is 2. The zero-order valence-electron chi connectivity index (χ0n) is 21.6. The van der Waals surface area contributed by atoms with Gasteiger partial charge in [-0.3, -0.25) is 0 Å². The van der Waals surface area contributed by atoms with Gasteiger partial charge >= 0.3 is 0 Å². The molecule has 2 aliphatic carbocycles. The van der Waals surface area contributed by atoms with Crippen molar-refractivity contribution in [3.8, 4) is 16.9 Å². The van der Waals surface area contributed by atoms with Gasteiger partial charge in [0.25, 0.3) is 0 Å². The van der Waals surface area contributed by atoms with Gasteiger partial charge in [0, 0.05) is 5.56 Å². The molecular weight excluding hydrogens is 438 g/mol. The molecule has 3 aliphatic rings. The second kappa shape index (κ2) is 11.0. The molecule has 0 saturated heterocycles. The lowest BCUT2D eigenvalue weighted by molar-refractivity contribution is 0.0717. The van der Waals surface area contributed by atoms with Gasteiger partial charge in [0.05, 0.1) is 0 Å². The third kappa shape index (κ3) is 5.30. The smallest absolute Gasteiger partial charge is 0.201 e. The monoisotopic (exact) mass is 480 g/mol. The van der Waals surface area contributed by atoms with Crippen molar-refractivity contribution in [3.05, 3.63) is 53.1 Å². The van der Waals surface area contributed by atoms with Crippen molar-refractivity contribution in [1.29, 1.82) is 0 Å². The van der Waals surface area contributed by atoms with Crippen LogP contribution in [0.5, 0.6) is 5.75 Å². The van der Waals surface area contributed by atoms with E-state index in [1.54, 1.807) is 0 Å². The minimum Gasteiger partial charge on any atom is -0.487 e. The summed E-state index contributed by atoms with van der Waals surface area (Å²) in [7, 11) is 0. The Morgan fingerprint density at radius 2 is 1.49 bits per heavy atom. The first-order valence-electron chi connectivity index (χ1n) is 14.3. The number of rotatable bonds is 6. The van der Waals surface area contributed by atoms with Crippen molar-refractivity contribution in [2.45, 2.75) is 109 Å². The van der Waals surface area contributed by atoms with E-state index >= 15 is 8.78 Å². The van der Waals surface area contributed by atoms with E-state index in [-0.39, 0.29) is 11.9 Å². The Kier molecular flexibility index (Phi) is 7.80. The maximum Gasteiger partial charge on any atom is 0.201 e. The Morgan fingerprint density at radius 1 is 0.800 bits per heavy atom. The molecule has 2 aromatic carbocycles. The van der Waals surface area contributed by atoms with Crippen LogP contribution >= 0.6 is 0 Å². The van der Waals surface area contributed by atoms with Gasteiger partial charge in [-0.15, -0.1) is 0 Å². The molecule has 190 valence electrons. The number of ether oxygens (including phenoxy) is 1. The summed E-state index contributed by atoms with van der Waals surface area (Å²) in [6.45, 7) is 4.54. The molecule has 3 heteroatoms. The number of hydrogen-bond acceptors (Lipinski definition) is 1. The van der Waals surface area contributed by atoms with Gasteiger partial charge in [0.2, 0.25) is 5.82 Å². The summed E-state index contributed by atoms with van der Waals surface area (Å²) in [5, 5.41) is 0. The maximum atomic E-state index is 15.3. The highest BCUT2D eigenvalue weighted by Crippen LogP contribution is 2.43. The van der Waals surface area contributed by atoms with Crippen LogP contribution in [0.2, 0.25) is 0 Å². The second-order valence-electron chi connectivity index (χ2n) is 11.6. The molecule has 0 aromatic heterocycles. The first-order valence-corrected chi connectivity index (χ1v) is 14.3. The van der Waals surface area contributed by atoms with E-state index in [2.05, 4.69) is 26.0 Å². The topological polar surface area (TPSA) is 9.23 Å². The van der Waals surface area contributed by atoms with E-state index in [0.29, 0.717) is 17.4 Å². The van der Waals surface area contributed by atoms with Crippen LogP contribution in [0.1, 0.15) is 108 Å². The number of hydrogen-bond donors (Lipinski definition) is 0. The summed E-state index contributed by atoms with van der Waals surface area (Å²) in [5.41, 5.74) is 3.28. The fraction of sp³-hybridized carbons (Fsp3) is 0.625. The molecule has 0 N–H and O–H groups in total. The molecule has 0 spiro atoms. The van der Waals surface area contributed by atoms with Crippen LogP contribution in [0.15, 0.2) is 30.3 Å².